The van der Waals surface area contributed by atoms with Crippen LogP contribution in [0.15, 0.2) is 35.4 Å². The number of aromatic nitrogens is 1. The number of anilines is 1. The summed E-state index contributed by atoms with van der Waals surface area (Å²) < 4.78 is 40.2. The van der Waals surface area contributed by atoms with Crippen LogP contribution in [0.1, 0.15) is 31.6 Å². The number of piperidine rings is 1. The van der Waals surface area contributed by atoms with Gasteiger partial charge in [-0.15, -0.1) is 11.3 Å². The molecule has 1 fully saturated rings. The topological polar surface area (TPSA) is 108 Å². The molecule has 1 aliphatic heterocycles. The highest BCUT2D eigenvalue weighted by atomic mass is 32.2. The Balaban J connectivity index is 1.67. The summed E-state index contributed by atoms with van der Waals surface area (Å²) in [6, 6.07) is 3.84. The van der Waals surface area contributed by atoms with Gasteiger partial charge in [0, 0.05) is 24.2 Å². The van der Waals surface area contributed by atoms with Crippen molar-refractivity contribution in [3.8, 4) is 0 Å². The molecule has 2 unspecified atom stereocenters. The van der Waals surface area contributed by atoms with Gasteiger partial charge in [0.15, 0.2) is 5.13 Å². The number of carbonyl (C=O) groups is 2. The minimum atomic E-state index is -3.84. The van der Waals surface area contributed by atoms with Crippen molar-refractivity contribution in [2.75, 3.05) is 18.4 Å². The third-order valence-corrected chi connectivity index (χ3v) is 8.01. The van der Waals surface area contributed by atoms with Gasteiger partial charge in [0.25, 0.3) is 0 Å². The molecule has 0 spiro atoms. The van der Waals surface area contributed by atoms with Crippen LogP contribution in [0.5, 0.6) is 0 Å². The molecule has 0 aliphatic carbocycles. The highest BCUT2D eigenvalue weighted by Gasteiger charge is 2.35. The van der Waals surface area contributed by atoms with E-state index in [2.05, 4.69) is 15.6 Å². The second-order valence-electron chi connectivity index (χ2n) is 8.15. The molecular weight excluding hydrogens is 455 g/mol. The fraction of sp³-hybridized carbons (Fsp3) is 0.476. The summed E-state index contributed by atoms with van der Waals surface area (Å²) in [6.07, 6.45) is 2.68. The van der Waals surface area contributed by atoms with Gasteiger partial charge in [0.05, 0.1) is 10.8 Å². The molecule has 2 aromatic rings. The number of hydrogen-bond donors (Lipinski definition) is 2. The number of halogens is 1. The van der Waals surface area contributed by atoms with E-state index in [0.29, 0.717) is 18.0 Å². The maximum absolute atomic E-state index is 13.2. The van der Waals surface area contributed by atoms with Crippen LogP contribution < -0.4 is 10.6 Å². The Kier molecular flexibility index (Phi) is 7.63. The molecule has 32 heavy (non-hydrogen) atoms. The molecule has 0 radical (unpaired) electrons. The van der Waals surface area contributed by atoms with E-state index >= 15 is 0 Å². The Hall–Kier alpha value is -2.37. The Labute approximate surface area is 191 Å². The zero-order valence-corrected chi connectivity index (χ0v) is 19.8. The third-order valence-electron chi connectivity index (χ3n) is 5.30. The van der Waals surface area contributed by atoms with E-state index in [0.717, 1.165) is 17.0 Å². The summed E-state index contributed by atoms with van der Waals surface area (Å²) in [5.74, 6) is -2.02. The van der Waals surface area contributed by atoms with Crippen molar-refractivity contribution in [2.24, 2.45) is 11.8 Å². The van der Waals surface area contributed by atoms with E-state index in [1.807, 2.05) is 20.8 Å². The summed E-state index contributed by atoms with van der Waals surface area (Å²) in [5, 5.41) is 5.98. The van der Waals surface area contributed by atoms with Gasteiger partial charge in [-0.25, -0.2) is 17.8 Å². The molecule has 1 saturated heterocycles. The summed E-state index contributed by atoms with van der Waals surface area (Å²) in [6.45, 7) is 5.81. The lowest BCUT2D eigenvalue weighted by molar-refractivity contribution is -0.130. The third kappa shape index (κ3) is 5.70. The molecule has 0 bridgehead atoms. The number of rotatable bonds is 7. The summed E-state index contributed by atoms with van der Waals surface area (Å²) in [7, 11) is -3.84. The van der Waals surface area contributed by atoms with E-state index < -0.39 is 27.8 Å². The molecule has 174 valence electrons. The number of benzene rings is 1. The first-order valence-corrected chi connectivity index (χ1v) is 12.6. The van der Waals surface area contributed by atoms with E-state index in [9.17, 15) is 22.4 Å². The number of thiazole rings is 1. The van der Waals surface area contributed by atoms with Crippen LogP contribution in [0.2, 0.25) is 0 Å². The van der Waals surface area contributed by atoms with Gasteiger partial charge in [-0.05, 0) is 49.9 Å². The molecule has 3 rings (SSSR count). The molecular formula is C21H27FN4O4S2. The minimum absolute atomic E-state index is 0.00362. The average Bonchev–Trinajstić information content (AvgIpc) is 3.16. The SMILES string of the molecule is Cc1cnc(NC(=O)C(NC(=O)C2CCCN(S(=O)(=O)c3ccc(F)cc3)C2)C(C)C)s1. The van der Waals surface area contributed by atoms with Crippen molar-refractivity contribution in [1.29, 1.82) is 0 Å². The molecule has 0 saturated carbocycles. The van der Waals surface area contributed by atoms with Crippen molar-refractivity contribution in [2.45, 2.75) is 44.6 Å². The number of nitrogens with zero attached hydrogens (tertiary/aromatic N) is 2. The first-order valence-electron chi connectivity index (χ1n) is 10.4. The second-order valence-corrected chi connectivity index (χ2v) is 11.3. The highest BCUT2D eigenvalue weighted by molar-refractivity contribution is 7.89. The van der Waals surface area contributed by atoms with Crippen LogP contribution in [0.3, 0.4) is 0 Å². The van der Waals surface area contributed by atoms with Gasteiger partial charge in [-0.1, -0.05) is 13.8 Å². The second kappa shape index (κ2) is 10.1. The number of nitrogens with one attached hydrogen (secondary N) is 2. The zero-order chi connectivity index (χ0) is 23.5. The van der Waals surface area contributed by atoms with E-state index in [-0.39, 0.29) is 35.7 Å². The number of sulfonamides is 1. The Morgan fingerprint density at radius 1 is 1.25 bits per heavy atom. The number of aryl methyl sites for hydroxylation is 1. The first kappa shape index (κ1) is 24.3. The molecule has 2 amide bonds. The summed E-state index contributed by atoms with van der Waals surface area (Å²) in [4.78, 5) is 30.7. The fourth-order valence-corrected chi connectivity index (χ4v) is 5.72. The van der Waals surface area contributed by atoms with Gasteiger partial charge in [0.1, 0.15) is 11.9 Å². The van der Waals surface area contributed by atoms with E-state index in [4.69, 9.17) is 0 Å². The van der Waals surface area contributed by atoms with E-state index in [1.165, 1.54) is 27.8 Å². The maximum atomic E-state index is 13.2. The molecule has 2 atom stereocenters. The number of carbonyl (C=O) groups excluding carboxylic acids is 2. The monoisotopic (exact) mass is 482 g/mol. The van der Waals surface area contributed by atoms with Crippen LogP contribution in [0.25, 0.3) is 0 Å². The number of amides is 2. The number of hydrogen-bond acceptors (Lipinski definition) is 6. The van der Waals surface area contributed by atoms with Gasteiger partial charge >= 0.3 is 0 Å². The van der Waals surface area contributed by atoms with Crippen molar-refractivity contribution in [1.82, 2.24) is 14.6 Å². The minimum Gasteiger partial charge on any atom is -0.344 e. The summed E-state index contributed by atoms with van der Waals surface area (Å²) in [5.41, 5.74) is 0. The zero-order valence-electron chi connectivity index (χ0n) is 18.2. The van der Waals surface area contributed by atoms with Gasteiger partial charge in [0.2, 0.25) is 21.8 Å². The predicted molar refractivity (Wildman–Crippen MR) is 120 cm³/mol. The average molecular weight is 483 g/mol. The van der Waals surface area contributed by atoms with Crippen molar-refractivity contribution < 1.29 is 22.4 Å². The van der Waals surface area contributed by atoms with Gasteiger partial charge in [-0.3, -0.25) is 9.59 Å². The van der Waals surface area contributed by atoms with Crippen LogP contribution in [0, 0.1) is 24.6 Å². The van der Waals surface area contributed by atoms with E-state index in [1.54, 1.807) is 6.20 Å². The van der Waals surface area contributed by atoms with Crippen molar-refractivity contribution in [3.63, 3.8) is 0 Å². The van der Waals surface area contributed by atoms with Crippen molar-refractivity contribution in [3.05, 3.63) is 41.2 Å². The summed E-state index contributed by atoms with van der Waals surface area (Å²) >= 11 is 1.34. The van der Waals surface area contributed by atoms with Gasteiger partial charge in [-0.2, -0.15) is 4.31 Å². The molecule has 1 aromatic carbocycles. The molecule has 2 heterocycles. The predicted octanol–water partition coefficient (Wildman–Crippen LogP) is 2.77. The Bertz CT molecular complexity index is 1070. The molecule has 11 heteroatoms. The normalized spacial score (nSPS) is 18.3. The molecule has 1 aromatic heterocycles. The quantitative estimate of drug-likeness (QED) is 0.631. The van der Waals surface area contributed by atoms with Crippen molar-refractivity contribution >= 4 is 38.3 Å². The molecule has 8 nitrogen and oxygen atoms in total. The lowest BCUT2D eigenvalue weighted by Gasteiger charge is -2.32. The lowest BCUT2D eigenvalue weighted by atomic mass is 9.96. The van der Waals surface area contributed by atoms with Crippen LogP contribution in [0.4, 0.5) is 9.52 Å². The Morgan fingerprint density at radius 2 is 1.94 bits per heavy atom. The largest absolute Gasteiger partial charge is 0.344 e. The van der Waals surface area contributed by atoms with Gasteiger partial charge < -0.3 is 10.6 Å². The fourth-order valence-electron chi connectivity index (χ4n) is 3.53. The smallest absolute Gasteiger partial charge is 0.248 e. The van der Waals surface area contributed by atoms with Crippen LogP contribution in [-0.2, 0) is 19.6 Å². The Morgan fingerprint density at radius 3 is 2.53 bits per heavy atom. The lowest BCUT2D eigenvalue weighted by Crippen LogP contribution is -2.52. The maximum Gasteiger partial charge on any atom is 0.248 e. The highest BCUT2D eigenvalue weighted by Crippen LogP contribution is 2.25. The standard InChI is InChI=1S/C21H27FN4O4S2/c1-13(2)18(20(28)25-21-23-11-14(3)31-21)24-19(27)15-5-4-10-26(12-15)32(29,30)17-8-6-16(22)7-9-17/h6-9,11,13,15,18H,4-5,10,12H2,1-3H3,(H,24,27)(H,23,25,28). The first-order chi connectivity index (χ1) is 15.1. The van der Waals surface area contributed by atoms with Crippen LogP contribution >= 0.6 is 11.3 Å². The molecule has 1 aliphatic rings. The van der Waals surface area contributed by atoms with Crippen LogP contribution in [-0.4, -0.2) is 48.7 Å². The molecule has 2 N–H and O–H groups in total.